The van der Waals surface area contributed by atoms with Crippen LogP contribution < -0.4 is 5.32 Å². The van der Waals surface area contributed by atoms with E-state index in [4.69, 9.17) is 0 Å². The van der Waals surface area contributed by atoms with Crippen molar-refractivity contribution in [3.05, 3.63) is 18.0 Å². The Morgan fingerprint density at radius 2 is 2.14 bits per heavy atom. The third-order valence-electron chi connectivity index (χ3n) is 3.50. The zero-order valence-electron chi connectivity index (χ0n) is 13.0. The van der Waals surface area contributed by atoms with Gasteiger partial charge in [-0.05, 0) is 6.42 Å². The van der Waals surface area contributed by atoms with E-state index in [1.165, 1.54) is 10.6 Å². The monoisotopic (exact) mass is 329 g/mol. The van der Waals surface area contributed by atoms with Gasteiger partial charge in [0, 0.05) is 45.8 Å². The van der Waals surface area contributed by atoms with Crippen LogP contribution >= 0.6 is 0 Å². The van der Waals surface area contributed by atoms with Gasteiger partial charge in [0.15, 0.2) is 5.96 Å². The second-order valence-corrected chi connectivity index (χ2v) is 7.08. The van der Waals surface area contributed by atoms with E-state index in [0.29, 0.717) is 31.9 Å². The average molecular weight is 329 g/mol. The Hall–Kier alpha value is -1.61. The molecular weight excluding hydrogens is 306 g/mol. The van der Waals surface area contributed by atoms with Crippen LogP contribution in [0.2, 0.25) is 0 Å². The van der Waals surface area contributed by atoms with Crippen molar-refractivity contribution in [2.75, 3.05) is 39.8 Å². The van der Waals surface area contributed by atoms with Crippen molar-refractivity contribution in [2.45, 2.75) is 19.1 Å². The minimum Gasteiger partial charge on any atom is -0.364 e. The van der Waals surface area contributed by atoms with Crippen molar-refractivity contribution in [2.24, 2.45) is 4.99 Å². The van der Waals surface area contributed by atoms with Gasteiger partial charge in [0.2, 0.25) is 10.0 Å². The molecule has 0 aromatic carbocycles. The van der Waals surface area contributed by atoms with E-state index in [-0.39, 0.29) is 5.75 Å². The highest BCUT2D eigenvalue weighted by atomic mass is 32.2. The predicted octanol–water partition coefficient (Wildman–Crippen LogP) is 0.107. The van der Waals surface area contributed by atoms with Gasteiger partial charge in [-0.25, -0.2) is 8.42 Å². The number of aliphatic imine (C=N–C) groups is 1. The van der Waals surface area contributed by atoms with Crippen molar-refractivity contribution < 1.29 is 12.9 Å². The Bertz CT molecular complexity index is 577. The van der Waals surface area contributed by atoms with Crippen LogP contribution in [0, 0.1) is 0 Å². The molecule has 8 nitrogen and oxygen atoms in total. The molecule has 0 radical (unpaired) electrons. The lowest BCUT2D eigenvalue weighted by molar-refractivity contribution is 0.260. The highest BCUT2D eigenvalue weighted by Crippen LogP contribution is 2.12. The van der Waals surface area contributed by atoms with Gasteiger partial charge < -0.3 is 14.7 Å². The second-order valence-electron chi connectivity index (χ2n) is 5.11. The molecule has 0 unspecified atom stereocenters. The summed E-state index contributed by atoms with van der Waals surface area (Å²) in [7, 11) is -1.61. The summed E-state index contributed by atoms with van der Waals surface area (Å²) in [5.74, 6) is 0.710. The lowest BCUT2D eigenvalue weighted by atomic mass is 10.4. The van der Waals surface area contributed by atoms with E-state index in [9.17, 15) is 8.42 Å². The summed E-state index contributed by atoms with van der Waals surface area (Å²) in [5, 5.41) is 6.93. The summed E-state index contributed by atoms with van der Waals surface area (Å²) >= 11 is 0. The van der Waals surface area contributed by atoms with Crippen molar-refractivity contribution in [3.63, 3.8) is 0 Å². The number of rotatable bonds is 5. The van der Waals surface area contributed by atoms with E-state index in [0.717, 1.165) is 18.9 Å². The summed E-state index contributed by atoms with van der Waals surface area (Å²) in [4.78, 5) is 6.32. The number of guanidine groups is 1. The molecule has 124 valence electrons. The number of nitrogens with one attached hydrogen (secondary N) is 1. The lowest BCUT2D eigenvalue weighted by Crippen LogP contribution is -2.53. The first kappa shape index (κ1) is 16.8. The van der Waals surface area contributed by atoms with Crippen LogP contribution in [0.3, 0.4) is 0 Å². The second kappa shape index (κ2) is 7.59. The third kappa shape index (κ3) is 4.20. The largest absolute Gasteiger partial charge is 0.364 e. The highest BCUT2D eigenvalue weighted by molar-refractivity contribution is 7.88. The van der Waals surface area contributed by atoms with Gasteiger partial charge >= 0.3 is 0 Å². The first-order chi connectivity index (χ1) is 10.6. The van der Waals surface area contributed by atoms with Gasteiger partial charge in [-0.1, -0.05) is 12.1 Å². The summed E-state index contributed by atoms with van der Waals surface area (Å²) in [6.45, 7) is 5.11. The quantitative estimate of drug-likeness (QED) is 0.609. The van der Waals surface area contributed by atoms with Crippen LogP contribution in [0.4, 0.5) is 0 Å². The zero-order chi connectivity index (χ0) is 16.0. The molecule has 0 atom stereocenters. The molecule has 9 heteroatoms. The average Bonchev–Trinajstić information content (AvgIpc) is 3.01. The molecular formula is C13H23N5O3S. The molecule has 2 heterocycles. The Balaban J connectivity index is 1.91. The molecule has 0 aliphatic carbocycles. The molecule has 1 aromatic rings. The minimum absolute atomic E-state index is 0.119. The summed E-state index contributed by atoms with van der Waals surface area (Å²) in [6.07, 6.45) is 2.40. The van der Waals surface area contributed by atoms with Crippen molar-refractivity contribution >= 4 is 16.0 Å². The van der Waals surface area contributed by atoms with Gasteiger partial charge in [-0.3, -0.25) is 4.99 Å². The number of aromatic nitrogens is 1. The van der Waals surface area contributed by atoms with Crippen LogP contribution in [0.25, 0.3) is 0 Å². The van der Waals surface area contributed by atoms with Crippen LogP contribution in [-0.2, 0) is 15.8 Å². The van der Waals surface area contributed by atoms with Crippen LogP contribution in [0.15, 0.2) is 21.8 Å². The Kier molecular flexibility index (Phi) is 5.78. The van der Waals surface area contributed by atoms with Crippen LogP contribution in [-0.4, -0.2) is 68.5 Å². The van der Waals surface area contributed by atoms with Gasteiger partial charge in [0.1, 0.15) is 12.0 Å². The number of hydrogen-bond donors (Lipinski definition) is 1. The summed E-state index contributed by atoms with van der Waals surface area (Å²) in [5.41, 5.74) is 0.433. The standard InChI is InChI=1S/C13H23N5O3S/c1-3-5-15-13(14-2)17-6-8-18(9-7-17)22(19,20)11-12-4-10-21-16-12/h4,10H,3,5-9,11H2,1-2H3,(H,14,15). The summed E-state index contributed by atoms with van der Waals surface area (Å²) < 4.78 is 30.9. The number of nitrogens with zero attached hydrogens (tertiary/aromatic N) is 4. The fourth-order valence-corrected chi connectivity index (χ4v) is 3.76. The fourth-order valence-electron chi connectivity index (χ4n) is 2.34. The molecule has 1 N–H and O–H groups in total. The zero-order valence-corrected chi connectivity index (χ0v) is 13.8. The number of sulfonamides is 1. The first-order valence-electron chi connectivity index (χ1n) is 7.39. The number of piperazine rings is 1. The van der Waals surface area contributed by atoms with Gasteiger partial charge in [0.05, 0.1) is 5.69 Å². The maximum atomic E-state index is 12.4. The highest BCUT2D eigenvalue weighted by Gasteiger charge is 2.28. The maximum Gasteiger partial charge on any atom is 0.220 e. The Morgan fingerprint density at radius 1 is 1.41 bits per heavy atom. The minimum atomic E-state index is -3.36. The smallest absolute Gasteiger partial charge is 0.220 e. The summed E-state index contributed by atoms with van der Waals surface area (Å²) in [6, 6.07) is 1.57. The topological polar surface area (TPSA) is 91.0 Å². The van der Waals surface area contributed by atoms with E-state index < -0.39 is 10.0 Å². The van der Waals surface area contributed by atoms with Gasteiger partial charge in [-0.15, -0.1) is 0 Å². The molecule has 1 aliphatic rings. The fraction of sp³-hybridized carbons (Fsp3) is 0.692. The Morgan fingerprint density at radius 3 is 2.68 bits per heavy atom. The molecule has 1 fully saturated rings. The predicted molar refractivity (Wildman–Crippen MR) is 83.9 cm³/mol. The normalized spacial score (nSPS) is 17.7. The molecule has 1 saturated heterocycles. The molecule has 2 rings (SSSR count). The molecule has 1 aromatic heterocycles. The molecule has 0 bridgehead atoms. The van der Waals surface area contributed by atoms with Crippen LogP contribution in [0.5, 0.6) is 0 Å². The van der Waals surface area contributed by atoms with Gasteiger partial charge in [-0.2, -0.15) is 4.31 Å². The van der Waals surface area contributed by atoms with E-state index in [1.807, 2.05) is 0 Å². The molecule has 0 spiro atoms. The maximum absolute atomic E-state index is 12.4. The lowest BCUT2D eigenvalue weighted by Gasteiger charge is -2.35. The molecule has 22 heavy (non-hydrogen) atoms. The molecule has 0 saturated carbocycles. The van der Waals surface area contributed by atoms with Crippen molar-refractivity contribution in [1.82, 2.24) is 19.7 Å². The van der Waals surface area contributed by atoms with Gasteiger partial charge in [0.25, 0.3) is 0 Å². The SMILES string of the molecule is CCCNC(=NC)N1CCN(S(=O)(=O)Cc2ccon2)CC1. The van der Waals surface area contributed by atoms with Crippen LogP contribution in [0.1, 0.15) is 19.0 Å². The van der Waals surface area contributed by atoms with E-state index >= 15 is 0 Å². The molecule has 1 aliphatic heterocycles. The first-order valence-corrected chi connectivity index (χ1v) is 9.00. The van der Waals surface area contributed by atoms with Crippen molar-refractivity contribution in [3.8, 4) is 0 Å². The molecule has 0 amide bonds. The number of hydrogen-bond acceptors (Lipinski definition) is 5. The van der Waals surface area contributed by atoms with Crippen molar-refractivity contribution in [1.29, 1.82) is 0 Å². The Labute approximate surface area is 131 Å². The van der Waals surface area contributed by atoms with E-state index in [1.54, 1.807) is 13.1 Å². The van der Waals surface area contributed by atoms with E-state index in [2.05, 4.69) is 31.8 Å². The third-order valence-corrected chi connectivity index (χ3v) is 5.31.